The molecule has 4 aromatic rings. The largest absolute Gasteiger partial charge is 0.455 e. The minimum Gasteiger partial charge on any atom is -0.455 e. The summed E-state index contributed by atoms with van der Waals surface area (Å²) in [7, 11) is -10.0. The highest BCUT2D eigenvalue weighted by Crippen LogP contribution is 2.42. The SMILES string of the molecule is O=S(=O)(O)OOS(=O)(=O)O.O=c1c2ccccc2sc2c(Cl)cc(Cl)c(Oc3ccccc3)c12. The van der Waals surface area contributed by atoms with E-state index in [1.165, 1.54) is 11.3 Å². The Labute approximate surface area is 206 Å². The fourth-order valence-electron chi connectivity index (χ4n) is 2.65. The zero-order valence-electron chi connectivity index (χ0n) is 16.4. The first kappa shape index (κ1) is 26.3. The van der Waals surface area contributed by atoms with Crippen molar-refractivity contribution in [2.45, 2.75) is 0 Å². The monoisotopic (exact) mass is 566 g/mol. The van der Waals surface area contributed by atoms with Crippen LogP contribution in [0.5, 0.6) is 11.5 Å². The van der Waals surface area contributed by atoms with Crippen molar-refractivity contribution in [2.24, 2.45) is 0 Å². The smallest absolute Gasteiger partial charge is 0.425 e. The molecule has 4 rings (SSSR count). The molecule has 0 fully saturated rings. The number of halogens is 2. The van der Waals surface area contributed by atoms with Gasteiger partial charge in [-0.3, -0.25) is 13.9 Å². The van der Waals surface area contributed by atoms with E-state index in [0.717, 1.165) is 4.70 Å². The van der Waals surface area contributed by atoms with Crippen LogP contribution in [0, 0.1) is 0 Å². The van der Waals surface area contributed by atoms with Gasteiger partial charge in [0.05, 0.1) is 20.1 Å². The third-order valence-electron chi connectivity index (χ3n) is 3.88. The van der Waals surface area contributed by atoms with Crippen molar-refractivity contribution < 1.29 is 39.3 Å². The molecule has 15 heteroatoms. The van der Waals surface area contributed by atoms with Gasteiger partial charge in [0.1, 0.15) is 5.75 Å². The first-order chi connectivity index (χ1) is 15.9. The van der Waals surface area contributed by atoms with Crippen molar-refractivity contribution in [3.05, 3.63) is 80.9 Å². The second kappa shape index (κ2) is 10.5. The molecule has 0 radical (unpaired) electrons. The standard InChI is InChI=1S/C19H10Cl2O2S.H2O8S2/c20-13-10-14(21)19-16(18(13)23-11-6-2-1-3-7-11)17(22)12-8-4-5-9-15(12)24-19;1-9(2,3)7-8-10(4,5)6/h1-10H;(H,1,2,3)(H,4,5,6). The fraction of sp³-hybridized carbons (Fsp3) is 0. The first-order valence-electron chi connectivity index (χ1n) is 8.75. The molecule has 34 heavy (non-hydrogen) atoms. The molecule has 0 aliphatic carbocycles. The van der Waals surface area contributed by atoms with Crippen molar-refractivity contribution >= 4 is 75.5 Å². The summed E-state index contributed by atoms with van der Waals surface area (Å²) in [5, 5.41) is 1.81. The summed E-state index contributed by atoms with van der Waals surface area (Å²) in [5.41, 5.74) is -0.130. The lowest BCUT2D eigenvalue weighted by molar-refractivity contribution is -0.105. The van der Waals surface area contributed by atoms with Crippen LogP contribution in [0.25, 0.3) is 20.2 Å². The van der Waals surface area contributed by atoms with E-state index in [2.05, 4.69) is 8.67 Å². The predicted octanol–water partition coefficient (Wildman–Crippen LogP) is 5.05. The van der Waals surface area contributed by atoms with Gasteiger partial charge >= 0.3 is 20.8 Å². The van der Waals surface area contributed by atoms with Crippen LogP contribution in [0.4, 0.5) is 0 Å². The zero-order chi connectivity index (χ0) is 25.1. The van der Waals surface area contributed by atoms with Gasteiger partial charge in [0.2, 0.25) is 0 Å². The number of hydrogen-bond acceptors (Lipinski definition) is 9. The number of rotatable bonds is 5. The zero-order valence-corrected chi connectivity index (χ0v) is 20.4. The van der Waals surface area contributed by atoms with Gasteiger partial charge in [-0.1, -0.05) is 62.2 Å². The van der Waals surface area contributed by atoms with Crippen molar-refractivity contribution in [3.8, 4) is 11.5 Å². The molecule has 0 bridgehead atoms. The third kappa shape index (κ3) is 6.85. The Morgan fingerprint density at radius 3 is 1.94 bits per heavy atom. The Kier molecular flexibility index (Phi) is 8.13. The number of fused-ring (bicyclic) bond motifs is 2. The highest BCUT2D eigenvalue weighted by molar-refractivity contribution is 7.83. The molecule has 3 aromatic carbocycles. The van der Waals surface area contributed by atoms with E-state index in [-0.39, 0.29) is 5.43 Å². The van der Waals surface area contributed by atoms with Crippen LogP contribution < -0.4 is 10.2 Å². The van der Waals surface area contributed by atoms with Crippen LogP contribution in [0.2, 0.25) is 10.0 Å². The van der Waals surface area contributed by atoms with Gasteiger partial charge in [-0.2, -0.15) is 16.8 Å². The van der Waals surface area contributed by atoms with Gasteiger partial charge in [0, 0.05) is 10.1 Å². The summed E-state index contributed by atoms with van der Waals surface area (Å²) in [4.78, 5) is 13.0. The quantitative estimate of drug-likeness (QED) is 0.145. The number of ether oxygens (including phenoxy) is 1. The molecule has 0 atom stereocenters. The van der Waals surface area contributed by atoms with Gasteiger partial charge in [-0.25, -0.2) is 0 Å². The number of para-hydroxylation sites is 1. The molecule has 0 amide bonds. The maximum atomic E-state index is 13.0. The van der Waals surface area contributed by atoms with E-state index in [4.69, 9.17) is 37.0 Å². The maximum absolute atomic E-state index is 13.0. The molecule has 10 nitrogen and oxygen atoms in total. The Bertz CT molecular complexity index is 1590. The van der Waals surface area contributed by atoms with Gasteiger partial charge < -0.3 is 4.74 Å². The minimum absolute atomic E-state index is 0.130. The van der Waals surface area contributed by atoms with E-state index < -0.39 is 20.8 Å². The first-order valence-corrected chi connectivity index (χ1v) is 13.0. The van der Waals surface area contributed by atoms with Crippen molar-refractivity contribution in [1.82, 2.24) is 0 Å². The predicted molar refractivity (Wildman–Crippen MR) is 127 cm³/mol. The summed E-state index contributed by atoms with van der Waals surface area (Å²) in [6.45, 7) is 0. The van der Waals surface area contributed by atoms with E-state index in [0.29, 0.717) is 37.0 Å². The summed E-state index contributed by atoms with van der Waals surface area (Å²) < 4.78 is 66.4. The molecule has 1 heterocycles. The lowest BCUT2D eigenvalue weighted by atomic mass is 10.1. The lowest BCUT2D eigenvalue weighted by Gasteiger charge is -2.12. The van der Waals surface area contributed by atoms with Gasteiger partial charge in [0.15, 0.2) is 11.2 Å². The van der Waals surface area contributed by atoms with Crippen LogP contribution in [0.1, 0.15) is 0 Å². The van der Waals surface area contributed by atoms with E-state index in [1.54, 1.807) is 12.1 Å². The molecular formula is C19H12Cl2O10S3. The molecule has 1 aromatic heterocycles. The van der Waals surface area contributed by atoms with Crippen molar-refractivity contribution in [1.29, 1.82) is 0 Å². The molecule has 180 valence electrons. The van der Waals surface area contributed by atoms with Gasteiger partial charge in [-0.15, -0.1) is 11.3 Å². The van der Waals surface area contributed by atoms with Crippen molar-refractivity contribution in [3.63, 3.8) is 0 Å². The Morgan fingerprint density at radius 2 is 1.35 bits per heavy atom. The van der Waals surface area contributed by atoms with Crippen LogP contribution in [-0.2, 0) is 29.5 Å². The summed E-state index contributed by atoms with van der Waals surface area (Å²) in [6.07, 6.45) is 0. The third-order valence-corrected chi connectivity index (χ3v) is 6.34. The van der Waals surface area contributed by atoms with Crippen LogP contribution in [0.15, 0.2) is 65.5 Å². The number of benzene rings is 3. The molecule has 0 aliphatic heterocycles. The molecule has 2 N–H and O–H groups in total. The summed E-state index contributed by atoms with van der Waals surface area (Å²) >= 11 is 14.1. The molecule has 0 spiro atoms. The van der Waals surface area contributed by atoms with E-state index >= 15 is 0 Å². The molecule has 0 aliphatic rings. The maximum Gasteiger partial charge on any atom is 0.425 e. The van der Waals surface area contributed by atoms with Gasteiger partial charge in [-0.05, 0) is 30.3 Å². The van der Waals surface area contributed by atoms with Crippen LogP contribution in [-0.4, -0.2) is 25.9 Å². The summed E-state index contributed by atoms with van der Waals surface area (Å²) in [6, 6.07) is 18.3. The van der Waals surface area contributed by atoms with Crippen LogP contribution in [0.3, 0.4) is 0 Å². The lowest BCUT2D eigenvalue weighted by Crippen LogP contribution is -2.10. The fourth-order valence-corrected chi connectivity index (χ4v) is 4.91. The van der Waals surface area contributed by atoms with E-state index in [1.807, 2.05) is 48.5 Å². The van der Waals surface area contributed by atoms with Gasteiger partial charge in [0.25, 0.3) is 0 Å². The highest BCUT2D eigenvalue weighted by atomic mass is 35.5. The Hall–Kier alpha value is -2.33. The molecular weight excluding hydrogens is 555 g/mol. The molecule has 0 saturated carbocycles. The normalized spacial score (nSPS) is 11.8. The second-order valence-corrected chi connectivity index (χ2v) is 10.1. The minimum atomic E-state index is -5.02. The second-order valence-electron chi connectivity index (χ2n) is 6.21. The molecule has 0 saturated heterocycles. The molecule has 0 unspecified atom stereocenters. The Morgan fingerprint density at radius 1 is 0.794 bits per heavy atom. The average Bonchev–Trinajstić information content (AvgIpc) is 2.76. The Balaban J connectivity index is 0.000000277. The van der Waals surface area contributed by atoms with E-state index in [9.17, 15) is 21.6 Å². The summed E-state index contributed by atoms with van der Waals surface area (Å²) in [5.74, 6) is 0.954. The topological polar surface area (TPSA) is 154 Å². The highest BCUT2D eigenvalue weighted by Gasteiger charge is 2.18. The average molecular weight is 567 g/mol. The number of hydrogen-bond donors (Lipinski definition) is 2. The van der Waals surface area contributed by atoms with Crippen molar-refractivity contribution in [2.75, 3.05) is 0 Å². The van der Waals surface area contributed by atoms with Crippen LogP contribution >= 0.6 is 34.5 Å².